The number of phenolic OH excluding ortho intramolecular Hbond substituents is 1. The van der Waals surface area contributed by atoms with Crippen molar-refractivity contribution in [3.8, 4) is 11.5 Å². The number of carbonyl (C=O) groups is 1. The Hall–Kier alpha value is -1.92. The zero-order chi connectivity index (χ0) is 20.2. The van der Waals surface area contributed by atoms with Crippen molar-refractivity contribution in [2.45, 2.75) is 46.2 Å². The van der Waals surface area contributed by atoms with Crippen molar-refractivity contribution >= 4 is 33.8 Å². The molecule has 28 heavy (non-hydrogen) atoms. The first-order chi connectivity index (χ1) is 13.2. The van der Waals surface area contributed by atoms with Crippen LogP contribution in [0.2, 0.25) is 5.02 Å². The SMILES string of the molecule is COc1cc(Cl)cc([C@@H]2NC(=O)c3c(sc4c3CC[C@H](C(C)(C)C)C4)N2)c1O. The monoisotopic (exact) mass is 420 g/mol. The van der Waals surface area contributed by atoms with Crippen molar-refractivity contribution in [1.29, 1.82) is 0 Å². The molecule has 2 atom stereocenters. The maximum absolute atomic E-state index is 12.9. The van der Waals surface area contributed by atoms with Gasteiger partial charge in [-0.2, -0.15) is 0 Å². The van der Waals surface area contributed by atoms with E-state index in [1.165, 1.54) is 17.6 Å². The van der Waals surface area contributed by atoms with Crippen LogP contribution in [0.15, 0.2) is 12.1 Å². The molecule has 0 radical (unpaired) electrons. The molecular formula is C21H25ClN2O3S. The van der Waals surface area contributed by atoms with Gasteiger partial charge < -0.3 is 20.5 Å². The van der Waals surface area contributed by atoms with Crippen LogP contribution in [0.3, 0.4) is 0 Å². The Bertz CT molecular complexity index is 948. The second kappa shape index (κ2) is 6.85. The van der Waals surface area contributed by atoms with Crippen LogP contribution >= 0.6 is 22.9 Å². The summed E-state index contributed by atoms with van der Waals surface area (Å²) in [5.74, 6) is 0.758. The molecule has 3 N–H and O–H groups in total. The molecule has 1 aliphatic carbocycles. The Kier molecular flexibility index (Phi) is 4.74. The number of phenols is 1. The first-order valence-corrected chi connectivity index (χ1v) is 10.7. The van der Waals surface area contributed by atoms with Crippen molar-refractivity contribution in [2.75, 3.05) is 12.4 Å². The number of hydrogen-bond donors (Lipinski definition) is 3. The van der Waals surface area contributed by atoms with E-state index in [1.54, 1.807) is 23.5 Å². The number of carbonyl (C=O) groups excluding carboxylic acids is 1. The second-order valence-electron chi connectivity index (χ2n) is 8.61. The summed E-state index contributed by atoms with van der Waals surface area (Å²) in [6.45, 7) is 6.85. The van der Waals surface area contributed by atoms with Crippen molar-refractivity contribution < 1.29 is 14.6 Å². The Morgan fingerprint density at radius 1 is 1.29 bits per heavy atom. The van der Waals surface area contributed by atoms with E-state index in [0.29, 0.717) is 16.5 Å². The topological polar surface area (TPSA) is 70.6 Å². The van der Waals surface area contributed by atoms with Crippen molar-refractivity contribution in [3.63, 3.8) is 0 Å². The van der Waals surface area contributed by atoms with Gasteiger partial charge in [0.25, 0.3) is 5.91 Å². The number of aromatic hydroxyl groups is 1. The lowest BCUT2D eigenvalue weighted by Gasteiger charge is -2.34. The zero-order valence-electron chi connectivity index (χ0n) is 16.5. The van der Waals surface area contributed by atoms with Gasteiger partial charge in [0.05, 0.1) is 12.7 Å². The van der Waals surface area contributed by atoms with E-state index < -0.39 is 6.17 Å². The average molecular weight is 421 g/mol. The number of rotatable bonds is 2. The number of fused-ring (bicyclic) bond motifs is 3. The van der Waals surface area contributed by atoms with E-state index >= 15 is 0 Å². The third-order valence-corrected chi connectivity index (χ3v) is 7.27. The molecule has 0 saturated heterocycles. The van der Waals surface area contributed by atoms with Crippen LogP contribution in [0.25, 0.3) is 0 Å². The summed E-state index contributed by atoms with van der Waals surface area (Å²) in [5.41, 5.74) is 2.68. The summed E-state index contributed by atoms with van der Waals surface area (Å²) in [4.78, 5) is 14.2. The van der Waals surface area contributed by atoms with E-state index in [-0.39, 0.29) is 22.8 Å². The highest BCUT2D eigenvalue weighted by molar-refractivity contribution is 7.16. The third kappa shape index (κ3) is 3.22. The van der Waals surface area contributed by atoms with E-state index in [1.807, 2.05) is 0 Å². The number of halogens is 1. The molecule has 150 valence electrons. The molecule has 1 aromatic carbocycles. The summed E-state index contributed by atoms with van der Waals surface area (Å²) in [6.07, 6.45) is 2.47. The molecule has 0 unspecified atom stereocenters. The van der Waals surface area contributed by atoms with Gasteiger partial charge in [-0.1, -0.05) is 32.4 Å². The van der Waals surface area contributed by atoms with Gasteiger partial charge in [-0.3, -0.25) is 4.79 Å². The summed E-state index contributed by atoms with van der Waals surface area (Å²) in [6, 6.07) is 3.19. The van der Waals surface area contributed by atoms with E-state index in [0.717, 1.165) is 29.8 Å². The van der Waals surface area contributed by atoms with Gasteiger partial charge >= 0.3 is 0 Å². The molecule has 5 nitrogen and oxygen atoms in total. The first-order valence-electron chi connectivity index (χ1n) is 9.47. The number of benzene rings is 1. The summed E-state index contributed by atoms with van der Waals surface area (Å²) in [7, 11) is 1.47. The van der Waals surface area contributed by atoms with Gasteiger partial charge in [-0.15, -0.1) is 11.3 Å². The Balaban J connectivity index is 1.69. The van der Waals surface area contributed by atoms with Crippen LogP contribution in [0, 0.1) is 11.3 Å². The molecule has 7 heteroatoms. The minimum absolute atomic E-state index is 0.0257. The predicted octanol–water partition coefficient (Wildman–Crippen LogP) is 5.12. The average Bonchev–Trinajstić information content (AvgIpc) is 3.00. The molecule has 1 aromatic heterocycles. The van der Waals surface area contributed by atoms with Crippen molar-refractivity contribution in [1.82, 2.24) is 5.32 Å². The number of nitrogens with one attached hydrogen (secondary N) is 2. The Labute approximate surface area is 174 Å². The molecule has 0 saturated carbocycles. The Morgan fingerprint density at radius 3 is 2.71 bits per heavy atom. The second-order valence-corrected chi connectivity index (χ2v) is 10.2. The van der Waals surface area contributed by atoms with Crippen LogP contribution < -0.4 is 15.4 Å². The van der Waals surface area contributed by atoms with Crippen molar-refractivity contribution in [3.05, 3.63) is 38.7 Å². The van der Waals surface area contributed by atoms with Crippen LogP contribution in [0.4, 0.5) is 5.00 Å². The van der Waals surface area contributed by atoms with E-state index in [2.05, 4.69) is 31.4 Å². The van der Waals surface area contributed by atoms with Crippen molar-refractivity contribution in [2.24, 2.45) is 11.3 Å². The molecule has 1 amide bonds. The molecule has 0 spiro atoms. The molecule has 0 fully saturated rings. The fourth-order valence-corrected chi connectivity index (χ4v) is 5.73. The molecule has 4 rings (SSSR count). The van der Waals surface area contributed by atoms with Crippen LogP contribution in [-0.2, 0) is 12.8 Å². The van der Waals surface area contributed by atoms with Crippen LogP contribution in [0.5, 0.6) is 11.5 Å². The molecule has 0 bridgehead atoms. The fourth-order valence-electron chi connectivity index (χ4n) is 4.16. The highest BCUT2D eigenvalue weighted by Gasteiger charge is 2.37. The van der Waals surface area contributed by atoms with Gasteiger partial charge in [0.15, 0.2) is 11.5 Å². The highest BCUT2D eigenvalue weighted by Crippen LogP contribution is 2.47. The predicted molar refractivity (Wildman–Crippen MR) is 113 cm³/mol. The minimum Gasteiger partial charge on any atom is -0.504 e. The van der Waals surface area contributed by atoms with Crippen LogP contribution in [-0.4, -0.2) is 18.1 Å². The van der Waals surface area contributed by atoms with Gasteiger partial charge in [0, 0.05) is 21.5 Å². The standard InChI is InChI=1S/C21H25ClN2O3S/c1-21(2,3)10-5-6-12-15(7-10)28-20-16(12)19(26)23-18(24-20)13-8-11(22)9-14(27-4)17(13)25/h8-10,18,24-25H,5-7H2,1-4H3,(H,23,26)/t10-,18+/m0/s1. The maximum atomic E-state index is 12.9. The summed E-state index contributed by atoms with van der Waals surface area (Å²) in [5, 5.41) is 18.2. The number of amides is 1. The number of thiophene rings is 1. The molecule has 2 heterocycles. The molecule has 2 aromatic rings. The highest BCUT2D eigenvalue weighted by atomic mass is 35.5. The smallest absolute Gasteiger partial charge is 0.256 e. The third-order valence-electron chi connectivity index (χ3n) is 5.87. The summed E-state index contributed by atoms with van der Waals surface area (Å²) >= 11 is 7.83. The molecular weight excluding hydrogens is 396 g/mol. The lowest BCUT2D eigenvalue weighted by atomic mass is 9.72. The zero-order valence-corrected chi connectivity index (χ0v) is 18.1. The number of ether oxygens (including phenoxy) is 1. The number of hydrogen-bond acceptors (Lipinski definition) is 5. The number of methoxy groups -OCH3 is 1. The summed E-state index contributed by atoms with van der Waals surface area (Å²) < 4.78 is 5.19. The van der Waals surface area contributed by atoms with Gasteiger partial charge in [-0.05, 0) is 42.2 Å². The van der Waals surface area contributed by atoms with Gasteiger partial charge in [-0.25, -0.2) is 0 Å². The molecule has 2 aliphatic rings. The maximum Gasteiger partial charge on any atom is 0.256 e. The fraction of sp³-hybridized carbons (Fsp3) is 0.476. The van der Waals surface area contributed by atoms with Crippen LogP contribution in [0.1, 0.15) is 59.7 Å². The molecule has 1 aliphatic heterocycles. The van der Waals surface area contributed by atoms with E-state index in [4.69, 9.17) is 16.3 Å². The quantitative estimate of drug-likeness (QED) is 0.630. The Morgan fingerprint density at radius 2 is 2.04 bits per heavy atom. The van der Waals surface area contributed by atoms with Gasteiger partial charge in [0.2, 0.25) is 0 Å². The van der Waals surface area contributed by atoms with Gasteiger partial charge in [0.1, 0.15) is 11.2 Å². The minimum atomic E-state index is -0.564. The first kappa shape index (κ1) is 19.4. The number of anilines is 1. The largest absolute Gasteiger partial charge is 0.504 e. The normalized spacial score (nSPS) is 21.4. The lowest BCUT2D eigenvalue weighted by Crippen LogP contribution is -2.38. The van der Waals surface area contributed by atoms with E-state index in [9.17, 15) is 9.90 Å². The lowest BCUT2D eigenvalue weighted by molar-refractivity contribution is 0.0934.